The molecule has 0 aliphatic rings. The van der Waals surface area contributed by atoms with Gasteiger partial charge in [0.05, 0.1) is 30.5 Å². The van der Waals surface area contributed by atoms with Crippen LogP contribution in [0.5, 0.6) is 0 Å². The van der Waals surface area contributed by atoms with Gasteiger partial charge in [-0.15, -0.1) is 0 Å². The molecule has 9 nitrogen and oxygen atoms in total. The summed E-state index contributed by atoms with van der Waals surface area (Å²) in [6.07, 6.45) is 4.47. The van der Waals surface area contributed by atoms with Crippen molar-refractivity contribution in [3.63, 3.8) is 0 Å². The third-order valence-electron chi connectivity index (χ3n) is 4.03. The molecule has 0 saturated carbocycles. The minimum atomic E-state index is -0.746. The van der Waals surface area contributed by atoms with Crippen LogP contribution in [0.2, 0.25) is 0 Å². The van der Waals surface area contributed by atoms with Crippen LogP contribution in [-0.2, 0) is 13.1 Å². The van der Waals surface area contributed by atoms with Crippen molar-refractivity contribution in [2.75, 3.05) is 4.90 Å². The van der Waals surface area contributed by atoms with Crippen molar-refractivity contribution in [3.8, 4) is 0 Å². The van der Waals surface area contributed by atoms with Crippen LogP contribution in [0.25, 0.3) is 5.65 Å². The SMILES string of the molecule is O=c1c([N+](=O)[O-])c(N(Cc2ccco2)Cc2ccco2)nc2ccccn12. The lowest BCUT2D eigenvalue weighted by atomic mass is 10.3. The summed E-state index contributed by atoms with van der Waals surface area (Å²) in [5, 5.41) is 11.7. The molecular formula is C18H14N4O5. The van der Waals surface area contributed by atoms with E-state index in [0.29, 0.717) is 17.2 Å². The lowest BCUT2D eigenvalue weighted by molar-refractivity contribution is -0.385. The fourth-order valence-corrected chi connectivity index (χ4v) is 2.84. The lowest BCUT2D eigenvalue weighted by Gasteiger charge is -2.21. The minimum absolute atomic E-state index is 0.0380. The monoisotopic (exact) mass is 366 g/mol. The van der Waals surface area contributed by atoms with Crippen LogP contribution < -0.4 is 10.5 Å². The van der Waals surface area contributed by atoms with Crippen molar-refractivity contribution >= 4 is 17.2 Å². The maximum atomic E-state index is 12.7. The zero-order valence-corrected chi connectivity index (χ0v) is 14.0. The van der Waals surface area contributed by atoms with Crippen LogP contribution in [0.4, 0.5) is 11.5 Å². The zero-order valence-electron chi connectivity index (χ0n) is 14.0. The summed E-state index contributed by atoms with van der Waals surface area (Å²) >= 11 is 0. The Balaban J connectivity index is 1.89. The summed E-state index contributed by atoms with van der Waals surface area (Å²) in [5.74, 6) is 1.11. The van der Waals surface area contributed by atoms with Crippen molar-refractivity contribution in [1.29, 1.82) is 0 Å². The van der Waals surface area contributed by atoms with Gasteiger partial charge in [0, 0.05) is 6.20 Å². The largest absolute Gasteiger partial charge is 0.467 e. The molecule has 0 aliphatic carbocycles. The number of pyridine rings is 1. The first-order valence-electron chi connectivity index (χ1n) is 8.09. The third kappa shape index (κ3) is 3.17. The van der Waals surface area contributed by atoms with E-state index in [1.54, 1.807) is 47.4 Å². The summed E-state index contributed by atoms with van der Waals surface area (Å²) in [6.45, 7) is 0.369. The topological polar surface area (TPSA) is 107 Å². The van der Waals surface area contributed by atoms with Crippen molar-refractivity contribution in [3.05, 3.63) is 93.2 Å². The first-order chi connectivity index (χ1) is 13.1. The van der Waals surface area contributed by atoms with Gasteiger partial charge in [0.2, 0.25) is 5.82 Å². The van der Waals surface area contributed by atoms with Gasteiger partial charge in [0.1, 0.15) is 17.2 Å². The molecule has 0 atom stereocenters. The smallest absolute Gasteiger partial charge is 0.376 e. The standard InChI is InChI=1S/C18H14N4O5/c23-18-16(22(24)25)17(19-15-7-1-2-8-21(15)18)20(11-13-5-3-9-26-13)12-14-6-4-10-27-14/h1-10H,11-12H2. The van der Waals surface area contributed by atoms with Crippen LogP contribution in [0.1, 0.15) is 11.5 Å². The summed E-state index contributed by atoms with van der Waals surface area (Å²) < 4.78 is 11.9. The number of nitro groups is 1. The second kappa shape index (κ2) is 6.79. The number of furan rings is 2. The quantitative estimate of drug-likeness (QED) is 0.381. The Morgan fingerprint density at radius 2 is 1.70 bits per heavy atom. The van der Waals surface area contributed by atoms with E-state index in [4.69, 9.17) is 8.83 Å². The van der Waals surface area contributed by atoms with Crippen LogP contribution in [-0.4, -0.2) is 14.3 Å². The van der Waals surface area contributed by atoms with E-state index in [2.05, 4.69) is 4.98 Å². The van der Waals surface area contributed by atoms with Crippen LogP contribution in [0, 0.1) is 10.1 Å². The molecule has 4 heterocycles. The lowest BCUT2D eigenvalue weighted by Crippen LogP contribution is -2.28. The number of rotatable bonds is 6. The predicted molar refractivity (Wildman–Crippen MR) is 95.4 cm³/mol. The molecule has 0 saturated heterocycles. The highest BCUT2D eigenvalue weighted by atomic mass is 16.6. The fourth-order valence-electron chi connectivity index (χ4n) is 2.84. The number of nitrogens with zero attached hydrogens (tertiary/aromatic N) is 4. The molecular weight excluding hydrogens is 352 g/mol. The molecule has 0 aliphatic heterocycles. The van der Waals surface area contributed by atoms with E-state index >= 15 is 0 Å². The van der Waals surface area contributed by atoms with Crippen molar-refractivity contribution in [2.24, 2.45) is 0 Å². The summed E-state index contributed by atoms with van der Waals surface area (Å²) in [6, 6.07) is 11.9. The molecule has 0 spiro atoms. The average Bonchev–Trinajstić information content (AvgIpc) is 3.35. The highest BCUT2D eigenvalue weighted by molar-refractivity contribution is 5.61. The van der Waals surface area contributed by atoms with Crippen LogP contribution in [0.3, 0.4) is 0 Å². The van der Waals surface area contributed by atoms with Gasteiger partial charge in [-0.2, -0.15) is 0 Å². The van der Waals surface area contributed by atoms with Gasteiger partial charge in [-0.25, -0.2) is 4.98 Å². The van der Waals surface area contributed by atoms with Crippen LogP contribution in [0.15, 0.2) is 74.8 Å². The minimum Gasteiger partial charge on any atom is -0.467 e. The Morgan fingerprint density at radius 3 is 2.26 bits per heavy atom. The molecule has 0 bridgehead atoms. The summed E-state index contributed by atoms with van der Waals surface area (Å²) in [7, 11) is 0. The van der Waals surface area contributed by atoms with Crippen LogP contribution >= 0.6 is 0 Å². The molecule has 27 heavy (non-hydrogen) atoms. The van der Waals surface area contributed by atoms with Crippen molar-refractivity contribution in [2.45, 2.75) is 13.1 Å². The van der Waals surface area contributed by atoms with E-state index < -0.39 is 16.2 Å². The highest BCUT2D eigenvalue weighted by Crippen LogP contribution is 2.26. The molecule has 0 fully saturated rings. The van der Waals surface area contributed by atoms with Gasteiger partial charge in [-0.05, 0) is 36.4 Å². The summed E-state index contributed by atoms with van der Waals surface area (Å²) in [4.78, 5) is 29.6. The number of hydrogen-bond acceptors (Lipinski definition) is 7. The number of fused-ring (bicyclic) bond motifs is 1. The molecule has 136 valence electrons. The second-order valence-electron chi connectivity index (χ2n) is 5.79. The first-order valence-corrected chi connectivity index (χ1v) is 8.09. The average molecular weight is 366 g/mol. The Bertz CT molecular complexity index is 1100. The van der Waals surface area contributed by atoms with E-state index in [-0.39, 0.29) is 18.9 Å². The molecule has 0 amide bonds. The predicted octanol–water partition coefficient (Wildman–Crippen LogP) is 3.00. The molecule has 4 aromatic rings. The normalized spacial score (nSPS) is 11.0. The van der Waals surface area contributed by atoms with Gasteiger partial charge >= 0.3 is 11.2 Å². The summed E-state index contributed by atoms with van der Waals surface area (Å²) in [5.41, 5.74) is -1.03. The molecule has 4 rings (SSSR count). The fraction of sp³-hybridized carbons (Fsp3) is 0.111. The maximum absolute atomic E-state index is 12.7. The number of aromatic nitrogens is 2. The number of anilines is 1. The molecule has 0 N–H and O–H groups in total. The molecule has 0 radical (unpaired) electrons. The van der Waals surface area contributed by atoms with E-state index in [0.717, 1.165) is 4.40 Å². The van der Waals surface area contributed by atoms with E-state index in [1.807, 2.05) is 0 Å². The molecule has 9 heteroatoms. The molecule has 0 aromatic carbocycles. The van der Waals surface area contributed by atoms with E-state index in [9.17, 15) is 14.9 Å². The second-order valence-corrected chi connectivity index (χ2v) is 5.79. The Kier molecular flexibility index (Phi) is 4.17. The van der Waals surface area contributed by atoms with E-state index in [1.165, 1.54) is 18.7 Å². The van der Waals surface area contributed by atoms with Gasteiger partial charge in [-0.3, -0.25) is 19.3 Å². The van der Waals surface area contributed by atoms with Crippen molar-refractivity contribution < 1.29 is 13.8 Å². The highest BCUT2D eigenvalue weighted by Gasteiger charge is 2.28. The Morgan fingerprint density at radius 1 is 1.04 bits per heavy atom. The third-order valence-corrected chi connectivity index (χ3v) is 4.03. The Labute approximate surface area is 152 Å². The van der Waals surface area contributed by atoms with Gasteiger partial charge in [-0.1, -0.05) is 6.07 Å². The first kappa shape index (κ1) is 16.6. The Hall–Kier alpha value is -3.88. The molecule has 4 aromatic heterocycles. The van der Waals surface area contributed by atoms with Gasteiger partial charge in [0.15, 0.2) is 0 Å². The maximum Gasteiger partial charge on any atom is 0.376 e. The van der Waals surface area contributed by atoms with Crippen molar-refractivity contribution in [1.82, 2.24) is 9.38 Å². The number of hydrogen-bond donors (Lipinski definition) is 0. The zero-order chi connectivity index (χ0) is 18.8. The van der Waals surface area contributed by atoms with Gasteiger partial charge < -0.3 is 13.7 Å². The molecule has 0 unspecified atom stereocenters. The van der Waals surface area contributed by atoms with Gasteiger partial charge in [0.25, 0.3) is 0 Å².